The van der Waals surface area contributed by atoms with Crippen molar-refractivity contribution in [3.05, 3.63) is 34.8 Å². The fourth-order valence-electron chi connectivity index (χ4n) is 1.82. The number of nitrogens with two attached hydrogens (primary N) is 2. The minimum Gasteiger partial charge on any atom is -0.396 e. The third kappa shape index (κ3) is 2.92. The quantitative estimate of drug-likeness (QED) is 0.744. The molecule has 5 N–H and O–H groups in total. The van der Waals surface area contributed by atoms with Crippen molar-refractivity contribution in [2.45, 2.75) is 24.3 Å². The average Bonchev–Trinajstić information content (AvgIpc) is 2.84. The summed E-state index contributed by atoms with van der Waals surface area (Å²) in [6.45, 7) is 3.88. The number of nitrogens with one attached hydrogen (secondary N) is 1. The van der Waals surface area contributed by atoms with Crippen LogP contribution in [0.25, 0.3) is 0 Å². The number of sulfonamides is 1. The van der Waals surface area contributed by atoms with E-state index in [1.807, 2.05) is 19.2 Å². The number of thiazole rings is 1. The number of benzene rings is 1. The molecule has 0 atom stereocenters. The van der Waals surface area contributed by atoms with Gasteiger partial charge in [0.15, 0.2) is 0 Å². The van der Waals surface area contributed by atoms with Crippen molar-refractivity contribution in [1.29, 1.82) is 0 Å². The Kier molecular flexibility index (Phi) is 3.72. The van der Waals surface area contributed by atoms with Crippen LogP contribution >= 0.6 is 11.3 Å². The fraction of sp³-hybridized carbons (Fsp3) is 0.250. The first-order valence-electron chi connectivity index (χ1n) is 5.81. The molecule has 0 fully saturated rings. The van der Waals surface area contributed by atoms with E-state index >= 15 is 0 Å². The number of para-hydroxylation sites is 1. The van der Waals surface area contributed by atoms with Gasteiger partial charge in [0.2, 0.25) is 10.0 Å². The summed E-state index contributed by atoms with van der Waals surface area (Å²) in [5, 5.41) is 11.1. The standard InChI is InChI=1S/C12H16N4O2S2/c1-12(2,11-15-6-7-19-11)16-8-4-3-5-9(10(8)13)20(14,17)18/h3-7,16H,13H2,1-2H3,(H2,14,17,18). The Morgan fingerprint density at radius 1 is 1.35 bits per heavy atom. The largest absolute Gasteiger partial charge is 0.396 e. The van der Waals surface area contributed by atoms with E-state index in [2.05, 4.69) is 10.3 Å². The highest BCUT2D eigenvalue weighted by Gasteiger charge is 2.25. The summed E-state index contributed by atoms with van der Waals surface area (Å²) in [6.07, 6.45) is 1.72. The molecule has 1 aromatic carbocycles. The smallest absolute Gasteiger partial charge is 0.240 e. The van der Waals surface area contributed by atoms with E-state index in [0.29, 0.717) is 5.69 Å². The molecule has 2 rings (SSSR count). The van der Waals surface area contributed by atoms with Crippen LogP contribution in [0.15, 0.2) is 34.7 Å². The molecular formula is C12H16N4O2S2. The van der Waals surface area contributed by atoms with Crippen LogP contribution in [0.5, 0.6) is 0 Å². The number of hydrogen-bond donors (Lipinski definition) is 3. The molecule has 8 heteroatoms. The highest BCUT2D eigenvalue weighted by atomic mass is 32.2. The van der Waals surface area contributed by atoms with Crippen molar-refractivity contribution in [3.8, 4) is 0 Å². The molecule has 108 valence electrons. The molecular weight excluding hydrogens is 296 g/mol. The van der Waals surface area contributed by atoms with Crippen LogP contribution in [0.4, 0.5) is 11.4 Å². The van der Waals surface area contributed by atoms with Crippen LogP contribution in [-0.4, -0.2) is 13.4 Å². The molecule has 0 unspecified atom stereocenters. The molecule has 2 aromatic rings. The van der Waals surface area contributed by atoms with Gasteiger partial charge >= 0.3 is 0 Å². The van der Waals surface area contributed by atoms with Gasteiger partial charge in [0.05, 0.1) is 16.9 Å². The van der Waals surface area contributed by atoms with E-state index in [-0.39, 0.29) is 10.6 Å². The number of anilines is 2. The van der Waals surface area contributed by atoms with Crippen LogP contribution in [0.2, 0.25) is 0 Å². The lowest BCUT2D eigenvalue weighted by Gasteiger charge is -2.26. The SMILES string of the molecule is CC(C)(Nc1cccc(S(N)(=O)=O)c1N)c1nccs1. The first-order valence-corrected chi connectivity index (χ1v) is 8.24. The van der Waals surface area contributed by atoms with Crippen LogP contribution in [0, 0.1) is 0 Å². The van der Waals surface area contributed by atoms with Gasteiger partial charge < -0.3 is 11.1 Å². The molecule has 1 aromatic heterocycles. The van der Waals surface area contributed by atoms with Gasteiger partial charge in [-0.05, 0) is 26.0 Å². The van der Waals surface area contributed by atoms with E-state index in [1.54, 1.807) is 18.3 Å². The minimum atomic E-state index is -3.84. The second-order valence-corrected chi connectivity index (χ2v) is 7.27. The van der Waals surface area contributed by atoms with Gasteiger partial charge in [-0.3, -0.25) is 0 Å². The van der Waals surface area contributed by atoms with E-state index < -0.39 is 15.6 Å². The first-order chi connectivity index (χ1) is 9.22. The molecule has 6 nitrogen and oxygen atoms in total. The molecule has 0 saturated heterocycles. The number of rotatable bonds is 4. The van der Waals surface area contributed by atoms with Crippen molar-refractivity contribution in [2.24, 2.45) is 5.14 Å². The third-order valence-electron chi connectivity index (χ3n) is 2.79. The van der Waals surface area contributed by atoms with E-state index in [0.717, 1.165) is 5.01 Å². The average molecular weight is 312 g/mol. The van der Waals surface area contributed by atoms with Crippen molar-refractivity contribution in [2.75, 3.05) is 11.1 Å². The Labute approximate surface area is 121 Å². The van der Waals surface area contributed by atoms with Crippen molar-refractivity contribution < 1.29 is 8.42 Å². The van der Waals surface area contributed by atoms with E-state index in [4.69, 9.17) is 10.9 Å². The minimum absolute atomic E-state index is 0.0857. The maximum Gasteiger partial charge on any atom is 0.240 e. The number of aromatic nitrogens is 1. The van der Waals surface area contributed by atoms with Crippen LogP contribution in [0.1, 0.15) is 18.9 Å². The van der Waals surface area contributed by atoms with Gasteiger partial charge in [-0.25, -0.2) is 18.5 Å². The lowest BCUT2D eigenvalue weighted by atomic mass is 10.1. The molecule has 1 heterocycles. The predicted octanol–water partition coefficient (Wildman–Crippen LogP) is 1.72. The summed E-state index contributed by atoms with van der Waals surface area (Å²) in [5.41, 5.74) is 6.04. The topological polar surface area (TPSA) is 111 Å². The summed E-state index contributed by atoms with van der Waals surface area (Å²) >= 11 is 1.51. The van der Waals surface area contributed by atoms with Gasteiger partial charge in [-0.15, -0.1) is 11.3 Å². The van der Waals surface area contributed by atoms with Crippen molar-refractivity contribution in [1.82, 2.24) is 4.98 Å². The zero-order valence-electron chi connectivity index (χ0n) is 11.1. The highest BCUT2D eigenvalue weighted by molar-refractivity contribution is 7.89. The lowest BCUT2D eigenvalue weighted by Crippen LogP contribution is -2.28. The van der Waals surface area contributed by atoms with Gasteiger partial charge in [0.1, 0.15) is 9.90 Å². The second-order valence-electron chi connectivity index (χ2n) is 4.85. The first kappa shape index (κ1) is 14.8. The third-order valence-corrected chi connectivity index (χ3v) is 4.85. The van der Waals surface area contributed by atoms with Crippen molar-refractivity contribution >= 4 is 32.7 Å². The molecule has 0 aliphatic rings. The molecule has 0 bridgehead atoms. The van der Waals surface area contributed by atoms with Gasteiger partial charge in [0, 0.05) is 11.6 Å². The van der Waals surface area contributed by atoms with Crippen molar-refractivity contribution in [3.63, 3.8) is 0 Å². The molecule has 0 saturated carbocycles. The summed E-state index contributed by atoms with van der Waals surface area (Å²) < 4.78 is 22.9. The molecule has 0 radical (unpaired) electrons. The zero-order valence-corrected chi connectivity index (χ0v) is 12.8. The summed E-state index contributed by atoms with van der Waals surface area (Å²) in [6, 6.07) is 4.68. The van der Waals surface area contributed by atoms with Gasteiger partial charge in [0.25, 0.3) is 0 Å². The highest BCUT2D eigenvalue weighted by Crippen LogP contribution is 2.32. The van der Waals surface area contributed by atoms with Crippen LogP contribution < -0.4 is 16.2 Å². The van der Waals surface area contributed by atoms with E-state index in [9.17, 15) is 8.42 Å². The molecule has 20 heavy (non-hydrogen) atoms. The van der Waals surface area contributed by atoms with Gasteiger partial charge in [-0.2, -0.15) is 0 Å². The molecule has 0 spiro atoms. The summed E-state index contributed by atoms with van der Waals surface area (Å²) in [5.74, 6) is 0. The number of hydrogen-bond acceptors (Lipinski definition) is 6. The predicted molar refractivity (Wildman–Crippen MR) is 81.0 cm³/mol. The van der Waals surface area contributed by atoms with Gasteiger partial charge in [-0.1, -0.05) is 6.07 Å². The number of primary sulfonamides is 1. The fourth-order valence-corrected chi connectivity index (χ4v) is 3.23. The normalized spacial score (nSPS) is 12.3. The zero-order chi connectivity index (χ0) is 15.0. The molecule has 0 aliphatic heterocycles. The molecule has 0 amide bonds. The lowest BCUT2D eigenvalue weighted by molar-refractivity contribution is 0.596. The Balaban J connectivity index is 2.41. The van der Waals surface area contributed by atoms with E-state index in [1.165, 1.54) is 17.4 Å². The molecule has 0 aliphatic carbocycles. The Bertz CT molecular complexity index is 709. The maximum absolute atomic E-state index is 11.5. The summed E-state index contributed by atoms with van der Waals surface area (Å²) in [7, 11) is -3.84. The number of nitrogens with zero attached hydrogens (tertiary/aromatic N) is 1. The van der Waals surface area contributed by atoms with Crippen LogP contribution in [-0.2, 0) is 15.6 Å². The summed E-state index contributed by atoms with van der Waals surface area (Å²) in [4.78, 5) is 4.17. The Morgan fingerprint density at radius 3 is 2.60 bits per heavy atom. The second kappa shape index (κ2) is 5.04. The Morgan fingerprint density at radius 2 is 2.05 bits per heavy atom. The number of nitrogen functional groups attached to an aromatic ring is 1. The Hall–Kier alpha value is -1.64. The monoisotopic (exact) mass is 312 g/mol. The van der Waals surface area contributed by atoms with Crippen LogP contribution in [0.3, 0.4) is 0 Å². The maximum atomic E-state index is 11.5.